The second kappa shape index (κ2) is 5.11. The minimum absolute atomic E-state index is 0.106. The van der Waals surface area contributed by atoms with E-state index in [1.54, 1.807) is 0 Å². The normalized spacial score (nSPS) is 19.0. The lowest BCUT2D eigenvalue weighted by molar-refractivity contribution is 0.322. The van der Waals surface area contributed by atoms with Crippen LogP contribution in [0.15, 0.2) is 24.3 Å². The third kappa shape index (κ3) is 2.41. The molecule has 16 heavy (non-hydrogen) atoms. The van der Waals surface area contributed by atoms with Crippen molar-refractivity contribution >= 4 is 0 Å². The SMILES string of the molecule is N#Cc1ccc([C@H](N)C2CCNCC2)cc1. The van der Waals surface area contributed by atoms with Crippen molar-refractivity contribution in [2.75, 3.05) is 13.1 Å². The van der Waals surface area contributed by atoms with Crippen LogP contribution in [-0.2, 0) is 0 Å². The van der Waals surface area contributed by atoms with Gasteiger partial charge in [0.15, 0.2) is 0 Å². The molecule has 1 aromatic rings. The first-order valence-electron chi connectivity index (χ1n) is 5.77. The number of nitrogens with two attached hydrogens (primary N) is 1. The predicted octanol–water partition coefficient (Wildman–Crippen LogP) is 1.56. The van der Waals surface area contributed by atoms with Crippen molar-refractivity contribution < 1.29 is 0 Å². The summed E-state index contributed by atoms with van der Waals surface area (Å²) in [7, 11) is 0. The van der Waals surface area contributed by atoms with Gasteiger partial charge in [-0.3, -0.25) is 0 Å². The van der Waals surface area contributed by atoms with Gasteiger partial charge in [0.2, 0.25) is 0 Å². The van der Waals surface area contributed by atoms with Gasteiger partial charge in [0.05, 0.1) is 11.6 Å². The highest BCUT2D eigenvalue weighted by molar-refractivity contribution is 5.33. The number of benzene rings is 1. The Bertz CT molecular complexity index is 371. The Kier molecular flexibility index (Phi) is 3.55. The van der Waals surface area contributed by atoms with E-state index in [1.807, 2.05) is 24.3 Å². The van der Waals surface area contributed by atoms with Gasteiger partial charge in [-0.25, -0.2) is 0 Å². The van der Waals surface area contributed by atoms with Gasteiger partial charge in [-0.1, -0.05) is 12.1 Å². The van der Waals surface area contributed by atoms with Gasteiger partial charge in [-0.15, -0.1) is 0 Å². The molecule has 1 aliphatic heterocycles. The fourth-order valence-corrected chi connectivity index (χ4v) is 2.26. The summed E-state index contributed by atoms with van der Waals surface area (Å²) in [6.45, 7) is 2.13. The van der Waals surface area contributed by atoms with Gasteiger partial charge in [-0.05, 0) is 49.5 Å². The average molecular weight is 215 g/mol. The fraction of sp³-hybridized carbons (Fsp3) is 0.462. The molecule has 0 aliphatic carbocycles. The first-order chi connectivity index (χ1) is 7.81. The van der Waals surface area contributed by atoms with Crippen LogP contribution in [-0.4, -0.2) is 13.1 Å². The Morgan fingerprint density at radius 2 is 1.88 bits per heavy atom. The summed E-state index contributed by atoms with van der Waals surface area (Å²) in [4.78, 5) is 0. The maximum atomic E-state index is 8.73. The molecule has 1 saturated heterocycles. The highest BCUT2D eigenvalue weighted by atomic mass is 14.9. The molecule has 0 bridgehead atoms. The van der Waals surface area contributed by atoms with Crippen LogP contribution in [0.5, 0.6) is 0 Å². The summed E-state index contributed by atoms with van der Waals surface area (Å²) in [6.07, 6.45) is 2.28. The molecule has 0 unspecified atom stereocenters. The van der Waals surface area contributed by atoms with Gasteiger partial charge < -0.3 is 11.1 Å². The molecule has 1 heterocycles. The lowest BCUT2D eigenvalue weighted by Crippen LogP contribution is -2.33. The Morgan fingerprint density at radius 1 is 1.25 bits per heavy atom. The number of piperidine rings is 1. The molecule has 84 valence electrons. The molecule has 0 spiro atoms. The summed E-state index contributed by atoms with van der Waals surface area (Å²) in [5, 5.41) is 12.1. The van der Waals surface area contributed by atoms with Gasteiger partial charge in [0.25, 0.3) is 0 Å². The lowest BCUT2D eigenvalue weighted by Gasteiger charge is -2.28. The molecule has 0 amide bonds. The third-order valence-electron chi connectivity index (χ3n) is 3.32. The minimum atomic E-state index is 0.106. The number of hydrogen-bond donors (Lipinski definition) is 2. The van der Waals surface area contributed by atoms with Gasteiger partial charge in [0, 0.05) is 6.04 Å². The van der Waals surface area contributed by atoms with Crippen LogP contribution in [0.25, 0.3) is 0 Å². The Balaban J connectivity index is 2.07. The van der Waals surface area contributed by atoms with Crippen LogP contribution < -0.4 is 11.1 Å². The molecule has 3 N–H and O–H groups in total. The second-order valence-corrected chi connectivity index (χ2v) is 4.35. The number of nitrogens with zero attached hydrogens (tertiary/aromatic N) is 1. The standard InChI is InChI=1S/C13H17N3/c14-9-10-1-3-11(4-2-10)13(15)12-5-7-16-8-6-12/h1-4,12-13,16H,5-8,15H2/t13-/m0/s1. The van der Waals surface area contributed by atoms with E-state index in [1.165, 1.54) is 0 Å². The van der Waals surface area contributed by atoms with Crippen LogP contribution in [0.3, 0.4) is 0 Å². The Labute approximate surface area is 96.3 Å². The van der Waals surface area contributed by atoms with Crippen molar-refractivity contribution in [1.82, 2.24) is 5.32 Å². The van der Waals surface area contributed by atoms with E-state index >= 15 is 0 Å². The largest absolute Gasteiger partial charge is 0.324 e. The molecule has 3 heteroatoms. The van der Waals surface area contributed by atoms with E-state index < -0.39 is 0 Å². The third-order valence-corrected chi connectivity index (χ3v) is 3.32. The summed E-state index contributed by atoms with van der Waals surface area (Å²) in [5.41, 5.74) is 8.09. The Hall–Kier alpha value is -1.37. The fourth-order valence-electron chi connectivity index (χ4n) is 2.26. The second-order valence-electron chi connectivity index (χ2n) is 4.35. The molecule has 1 atom stereocenters. The van der Waals surface area contributed by atoms with Crippen molar-refractivity contribution in [3.05, 3.63) is 35.4 Å². The van der Waals surface area contributed by atoms with E-state index in [2.05, 4.69) is 11.4 Å². The minimum Gasteiger partial charge on any atom is -0.324 e. The van der Waals surface area contributed by atoms with Crippen LogP contribution in [0.2, 0.25) is 0 Å². The first kappa shape index (κ1) is 11.1. The average Bonchev–Trinajstić information content (AvgIpc) is 2.39. The number of hydrogen-bond acceptors (Lipinski definition) is 3. The lowest BCUT2D eigenvalue weighted by atomic mass is 9.86. The summed E-state index contributed by atoms with van der Waals surface area (Å²) in [6, 6.07) is 9.87. The topological polar surface area (TPSA) is 61.8 Å². The Morgan fingerprint density at radius 3 is 2.44 bits per heavy atom. The molecule has 1 aromatic carbocycles. The number of nitriles is 1. The molecule has 2 rings (SSSR count). The molecular formula is C13H17N3. The van der Waals surface area contributed by atoms with Crippen LogP contribution in [0.1, 0.15) is 30.0 Å². The van der Waals surface area contributed by atoms with Gasteiger partial charge in [0.1, 0.15) is 0 Å². The molecule has 0 radical (unpaired) electrons. The molecule has 1 aliphatic rings. The summed E-state index contributed by atoms with van der Waals surface area (Å²) < 4.78 is 0. The molecule has 1 fully saturated rings. The van der Waals surface area contributed by atoms with E-state index in [4.69, 9.17) is 11.0 Å². The van der Waals surface area contributed by atoms with Crippen molar-refractivity contribution in [1.29, 1.82) is 5.26 Å². The zero-order chi connectivity index (χ0) is 11.4. The summed E-state index contributed by atoms with van der Waals surface area (Å²) in [5.74, 6) is 0.564. The van der Waals surface area contributed by atoms with Crippen LogP contribution >= 0.6 is 0 Å². The molecule has 0 saturated carbocycles. The molecular weight excluding hydrogens is 198 g/mol. The number of rotatable bonds is 2. The zero-order valence-corrected chi connectivity index (χ0v) is 9.32. The maximum Gasteiger partial charge on any atom is 0.0991 e. The predicted molar refractivity (Wildman–Crippen MR) is 63.7 cm³/mol. The molecule has 0 aromatic heterocycles. The van der Waals surface area contributed by atoms with E-state index in [0.717, 1.165) is 31.5 Å². The van der Waals surface area contributed by atoms with E-state index in [0.29, 0.717) is 11.5 Å². The maximum absolute atomic E-state index is 8.73. The van der Waals surface area contributed by atoms with Crippen molar-refractivity contribution in [3.8, 4) is 6.07 Å². The van der Waals surface area contributed by atoms with Crippen molar-refractivity contribution in [3.63, 3.8) is 0 Å². The zero-order valence-electron chi connectivity index (χ0n) is 9.32. The summed E-state index contributed by atoms with van der Waals surface area (Å²) >= 11 is 0. The van der Waals surface area contributed by atoms with Gasteiger partial charge >= 0.3 is 0 Å². The van der Waals surface area contributed by atoms with Crippen LogP contribution in [0.4, 0.5) is 0 Å². The first-order valence-corrected chi connectivity index (χ1v) is 5.77. The van der Waals surface area contributed by atoms with Crippen LogP contribution in [0, 0.1) is 17.2 Å². The highest BCUT2D eigenvalue weighted by Crippen LogP contribution is 2.26. The van der Waals surface area contributed by atoms with E-state index in [9.17, 15) is 0 Å². The van der Waals surface area contributed by atoms with Crippen molar-refractivity contribution in [2.24, 2.45) is 11.7 Å². The quantitative estimate of drug-likeness (QED) is 0.787. The highest BCUT2D eigenvalue weighted by Gasteiger charge is 2.21. The monoisotopic (exact) mass is 215 g/mol. The smallest absolute Gasteiger partial charge is 0.0991 e. The van der Waals surface area contributed by atoms with E-state index in [-0.39, 0.29) is 6.04 Å². The molecule has 3 nitrogen and oxygen atoms in total. The van der Waals surface area contributed by atoms with Crippen molar-refractivity contribution in [2.45, 2.75) is 18.9 Å². The number of nitrogens with one attached hydrogen (secondary N) is 1. The van der Waals surface area contributed by atoms with Gasteiger partial charge in [-0.2, -0.15) is 5.26 Å².